The van der Waals surface area contributed by atoms with Crippen LogP contribution in [0.15, 0.2) is 35.9 Å². The Morgan fingerprint density at radius 2 is 2.03 bits per heavy atom. The van der Waals surface area contributed by atoms with Gasteiger partial charge in [-0.3, -0.25) is 4.79 Å². The van der Waals surface area contributed by atoms with Gasteiger partial charge in [0, 0.05) is 29.1 Å². The molecule has 0 aliphatic heterocycles. The molecule has 4 rings (SSSR count). The van der Waals surface area contributed by atoms with Gasteiger partial charge in [-0.2, -0.15) is 5.26 Å². The molecule has 1 heterocycles. The largest absolute Gasteiger partial charge is 0.395 e. The van der Waals surface area contributed by atoms with Gasteiger partial charge in [-0.25, -0.2) is 4.98 Å². The number of nitriles is 1. The summed E-state index contributed by atoms with van der Waals surface area (Å²) in [5.74, 6) is 1.19. The van der Waals surface area contributed by atoms with E-state index >= 15 is 0 Å². The summed E-state index contributed by atoms with van der Waals surface area (Å²) in [6, 6.07) is 10.6. The predicted molar refractivity (Wildman–Crippen MR) is 116 cm³/mol. The maximum atomic E-state index is 12.6. The molecule has 1 aromatic carbocycles. The lowest BCUT2D eigenvalue weighted by Crippen LogP contribution is -2.45. The van der Waals surface area contributed by atoms with Crippen molar-refractivity contribution in [3.63, 3.8) is 0 Å². The van der Waals surface area contributed by atoms with Crippen molar-refractivity contribution in [3.05, 3.63) is 52.9 Å². The molecule has 156 valence electrons. The highest BCUT2D eigenvalue weighted by Crippen LogP contribution is 2.50. The van der Waals surface area contributed by atoms with Crippen molar-refractivity contribution in [2.24, 2.45) is 11.8 Å². The lowest BCUT2D eigenvalue weighted by molar-refractivity contribution is -0.121. The van der Waals surface area contributed by atoms with Crippen LogP contribution in [0.2, 0.25) is 0 Å². The van der Waals surface area contributed by atoms with E-state index in [1.807, 2.05) is 13.0 Å². The first kappa shape index (κ1) is 20.6. The third-order valence-electron chi connectivity index (χ3n) is 7.05. The number of carbonyl (C=O) groups excluding carboxylic acids is 1. The molecule has 0 saturated carbocycles. The number of Topliss-reactive ketones (excluding diaryl/α,β-unsaturated/α-hetero) is 1. The Morgan fingerprint density at radius 1 is 1.33 bits per heavy atom. The summed E-state index contributed by atoms with van der Waals surface area (Å²) in [6.45, 7) is 8.91. The van der Waals surface area contributed by atoms with Crippen LogP contribution in [0.3, 0.4) is 0 Å². The molecule has 0 bridgehead atoms. The Balaban J connectivity index is 1.89. The molecule has 2 aliphatic carbocycles. The third kappa shape index (κ3) is 3.02. The SMILES string of the molecule is CC(C)c1ccc(-c2nc3c(n2CCO)CC[C@@H]2[C@@H](C)C(=O)C(C#N)=C[C@@]32C)cc1. The van der Waals surface area contributed by atoms with E-state index in [4.69, 9.17) is 4.98 Å². The van der Waals surface area contributed by atoms with Gasteiger partial charge >= 0.3 is 0 Å². The highest BCUT2D eigenvalue weighted by Gasteiger charge is 2.50. The molecule has 5 nitrogen and oxygen atoms in total. The Labute approximate surface area is 178 Å². The van der Waals surface area contributed by atoms with Crippen molar-refractivity contribution >= 4 is 5.78 Å². The molecule has 5 heteroatoms. The molecule has 1 N–H and O–H groups in total. The minimum absolute atomic E-state index is 0.0359. The summed E-state index contributed by atoms with van der Waals surface area (Å²) >= 11 is 0. The number of benzene rings is 1. The summed E-state index contributed by atoms with van der Waals surface area (Å²) in [5, 5.41) is 19.3. The average Bonchev–Trinajstić information content (AvgIpc) is 3.11. The lowest BCUT2D eigenvalue weighted by atomic mass is 9.58. The number of aromatic nitrogens is 2. The number of rotatable bonds is 4. The van der Waals surface area contributed by atoms with Crippen LogP contribution in [0.1, 0.15) is 57.0 Å². The Bertz CT molecular complexity index is 1060. The zero-order valence-electron chi connectivity index (χ0n) is 18.1. The first-order chi connectivity index (χ1) is 14.3. The Kier molecular flexibility index (Phi) is 5.15. The lowest BCUT2D eigenvalue weighted by Gasteiger charge is -2.44. The van der Waals surface area contributed by atoms with Gasteiger partial charge in [0.1, 0.15) is 11.9 Å². The molecule has 2 aliphatic rings. The van der Waals surface area contributed by atoms with E-state index in [1.54, 1.807) is 0 Å². The highest BCUT2D eigenvalue weighted by molar-refractivity contribution is 6.02. The predicted octanol–water partition coefficient (Wildman–Crippen LogP) is 4.15. The molecule has 30 heavy (non-hydrogen) atoms. The van der Waals surface area contributed by atoms with Gasteiger partial charge in [0.2, 0.25) is 0 Å². The van der Waals surface area contributed by atoms with Gasteiger partial charge in [-0.15, -0.1) is 0 Å². The second-order valence-electron chi connectivity index (χ2n) is 9.13. The van der Waals surface area contributed by atoms with E-state index in [2.05, 4.69) is 55.7 Å². The Morgan fingerprint density at radius 3 is 2.63 bits per heavy atom. The van der Waals surface area contributed by atoms with Crippen LogP contribution in [-0.4, -0.2) is 27.0 Å². The van der Waals surface area contributed by atoms with Crippen LogP contribution in [0.25, 0.3) is 11.4 Å². The van der Waals surface area contributed by atoms with Gasteiger partial charge < -0.3 is 9.67 Å². The van der Waals surface area contributed by atoms with Gasteiger partial charge in [-0.05, 0) is 30.2 Å². The minimum Gasteiger partial charge on any atom is -0.395 e. The monoisotopic (exact) mass is 403 g/mol. The normalized spacial score (nSPS) is 25.5. The first-order valence-corrected chi connectivity index (χ1v) is 10.8. The number of ketones is 1. The summed E-state index contributed by atoms with van der Waals surface area (Å²) in [4.78, 5) is 17.7. The summed E-state index contributed by atoms with van der Waals surface area (Å²) in [7, 11) is 0. The molecule has 1 aromatic heterocycles. The molecule has 0 fully saturated rings. The number of carbonyl (C=O) groups is 1. The highest BCUT2D eigenvalue weighted by atomic mass is 16.3. The van der Waals surface area contributed by atoms with E-state index in [1.165, 1.54) is 5.56 Å². The van der Waals surface area contributed by atoms with E-state index in [0.29, 0.717) is 12.5 Å². The van der Waals surface area contributed by atoms with Gasteiger partial charge in [-0.1, -0.05) is 58.0 Å². The molecule has 2 aromatic rings. The number of aliphatic hydroxyl groups is 1. The number of fused-ring (bicyclic) bond motifs is 3. The molecule has 0 radical (unpaired) electrons. The van der Waals surface area contributed by atoms with Crippen molar-refractivity contribution in [1.82, 2.24) is 9.55 Å². The summed E-state index contributed by atoms with van der Waals surface area (Å²) < 4.78 is 2.13. The fourth-order valence-corrected chi connectivity index (χ4v) is 5.35. The fraction of sp³-hybridized carbons (Fsp3) is 0.480. The zero-order valence-corrected chi connectivity index (χ0v) is 18.1. The molecular weight excluding hydrogens is 374 g/mol. The first-order valence-electron chi connectivity index (χ1n) is 10.8. The molecule has 3 atom stereocenters. The number of aliphatic hydroxyl groups excluding tert-OH is 1. The number of allylic oxidation sites excluding steroid dienone is 2. The standard InChI is InChI=1S/C25H29N3O2/c1-15(2)17-5-7-18(8-6-17)24-27-23-21(28(24)11-12-29)10-9-20-16(3)22(30)19(14-26)13-25(20,23)4/h5-8,13,15-16,20,29H,9-12H2,1-4H3/t16-,20-,25-/m1/s1. The third-order valence-corrected chi connectivity index (χ3v) is 7.05. The average molecular weight is 404 g/mol. The van der Waals surface area contributed by atoms with Crippen LogP contribution >= 0.6 is 0 Å². The van der Waals surface area contributed by atoms with E-state index in [-0.39, 0.29) is 29.8 Å². The van der Waals surface area contributed by atoms with Crippen LogP contribution in [0, 0.1) is 23.2 Å². The topological polar surface area (TPSA) is 78.9 Å². The number of hydrogen-bond donors (Lipinski definition) is 1. The quantitative estimate of drug-likeness (QED) is 0.832. The van der Waals surface area contributed by atoms with Crippen molar-refractivity contribution in [2.75, 3.05) is 6.61 Å². The van der Waals surface area contributed by atoms with E-state index in [9.17, 15) is 15.2 Å². The number of imidazole rings is 1. The van der Waals surface area contributed by atoms with Gasteiger partial charge in [0.05, 0.1) is 17.9 Å². The van der Waals surface area contributed by atoms with E-state index < -0.39 is 5.41 Å². The summed E-state index contributed by atoms with van der Waals surface area (Å²) in [5.41, 5.74) is 4.14. The van der Waals surface area contributed by atoms with Crippen LogP contribution in [0.5, 0.6) is 0 Å². The molecule has 0 spiro atoms. The molecule has 0 saturated heterocycles. The summed E-state index contributed by atoms with van der Waals surface area (Å²) in [6.07, 6.45) is 3.54. The molecular formula is C25H29N3O2. The van der Waals surface area contributed by atoms with Crippen LogP contribution < -0.4 is 0 Å². The molecule has 0 amide bonds. The number of hydrogen-bond acceptors (Lipinski definition) is 4. The fourth-order valence-electron chi connectivity index (χ4n) is 5.35. The van der Waals surface area contributed by atoms with Crippen molar-refractivity contribution in [3.8, 4) is 17.5 Å². The second-order valence-corrected chi connectivity index (χ2v) is 9.13. The number of nitrogens with zero attached hydrogens (tertiary/aromatic N) is 3. The van der Waals surface area contributed by atoms with Crippen molar-refractivity contribution in [2.45, 2.75) is 58.4 Å². The van der Waals surface area contributed by atoms with Crippen molar-refractivity contribution in [1.29, 1.82) is 5.26 Å². The Hall–Kier alpha value is -2.71. The van der Waals surface area contributed by atoms with Crippen LogP contribution in [0.4, 0.5) is 0 Å². The van der Waals surface area contributed by atoms with Crippen molar-refractivity contribution < 1.29 is 9.90 Å². The minimum atomic E-state index is -0.459. The van der Waals surface area contributed by atoms with Gasteiger partial charge in [0.25, 0.3) is 0 Å². The maximum absolute atomic E-state index is 12.6. The van der Waals surface area contributed by atoms with Crippen LogP contribution in [-0.2, 0) is 23.2 Å². The maximum Gasteiger partial charge on any atom is 0.176 e. The van der Waals surface area contributed by atoms with Gasteiger partial charge in [0.15, 0.2) is 5.78 Å². The second kappa shape index (κ2) is 7.52. The van der Waals surface area contributed by atoms with E-state index in [0.717, 1.165) is 35.6 Å². The molecule has 0 unspecified atom stereocenters. The zero-order chi connectivity index (χ0) is 21.6. The smallest absolute Gasteiger partial charge is 0.176 e.